The molecule has 35 heavy (non-hydrogen) atoms. The number of hydrogen-bond acceptors (Lipinski definition) is 8. The predicted molar refractivity (Wildman–Crippen MR) is 116 cm³/mol. The summed E-state index contributed by atoms with van der Waals surface area (Å²) in [6.45, 7) is 4.01. The summed E-state index contributed by atoms with van der Waals surface area (Å²) in [7, 11) is -5.75. The molecule has 0 saturated carbocycles. The Balaban J connectivity index is -0.00000512. The maximum Gasteiger partial charge on any atom is 1.00 e. The van der Waals surface area contributed by atoms with Crippen LogP contribution in [0.1, 0.15) is 104 Å². The topological polar surface area (TPSA) is 192 Å². The first-order valence-electron chi connectivity index (χ1n) is 11.7. The standard InChI is InChI=1S/C22H40O10S.2Na/c1-3-5-7-9-11-13-15-21(19(25)26,16-14-12-10-8-6-4-2)22(29,20(27)28)17(18(23)24)33(30,31)32;;/h17,29H,3-16H2,1-2H3,(H,23,24)(H,25,26)(H,27,28)(H,30,31,32);;/q;2*+1/p-2. The molecule has 0 saturated heterocycles. The summed E-state index contributed by atoms with van der Waals surface area (Å²) in [6, 6.07) is 0. The Morgan fingerprint density at radius 1 is 0.771 bits per heavy atom. The number of aliphatic carboxylic acids is 3. The van der Waals surface area contributed by atoms with Crippen molar-refractivity contribution in [2.75, 3.05) is 0 Å². The van der Waals surface area contributed by atoms with Gasteiger partial charge >= 0.3 is 65.1 Å². The van der Waals surface area contributed by atoms with E-state index in [1.807, 2.05) is 13.8 Å². The number of rotatable bonds is 20. The van der Waals surface area contributed by atoms with Crippen LogP contribution in [0.4, 0.5) is 0 Å². The van der Waals surface area contributed by atoms with E-state index < -0.39 is 57.1 Å². The molecule has 0 aliphatic rings. The fourth-order valence-corrected chi connectivity index (χ4v) is 5.36. The van der Waals surface area contributed by atoms with Crippen molar-refractivity contribution in [3.8, 4) is 0 Å². The van der Waals surface area contributed by atoms with Gasteiger partial charge in [-0.15, -0.1) is 0 Å². The van der Waals surface area contributed by atoms with Crippen LogP contribution < -0.4 is 69.3 Å². The van der Waals surface area contributed by atoms with E-state index in [1.165, 1.54) is 0 Å². The number of carboxylic acids is 3. The van der Waals surface area contributed by atoms with E-state index in [2.05, 4.69) is 0 Å². The maximum atomic E-state index is 12.3. The van der Waals surface area contributed by atoms with Crippen molar-refractivity contribution in [2.45, 2.75) is 115 Å². The molecule has 0 rings (SSSR count). The third kappa shape index (κ3) is 11.7. The van der Waals surface area contributed by atoms with Crippen molar-refractivity contribution in [2.24, 2.45) is 5.41 Å². The minimum absolute atomic E-state index is 0. The summed E-state index contributed by atoms with van der Waals surface area (Å²) >= 11 is 0. The quantitative estimate of drug-likeness (QED) is 0.0765. The molecule has 0 fully saturated rings. The molecule has 10 nitrogen and oxygen atoms in total. The van der Waals surface area contributed by atoms with Gasteiger partial charge in [0.2, 0.25) is 0 Å². The van der Waals surface area contributed by atoms with Gasteiger partial charge in [-0.25, -0.2) is 4.79 Å². The van der Waals surface area contributed by atoms with Crippen LogP contribution in [0.3, 0.4) is 0 Å². The van der Waals surface area contributed by atoms with Crippen LogP contribution in [0.15, 0.2) is 0 Å². The van der Waals surface area contributed by atoms with Crippen molar-refractivity contribution < 1.29 is 107 Å². The van der Waals surface area contributed by atoms with Crippen molar-refractivity contribution in [3.63, 3.8) is 0 Å². The zero-order valence-electron chi connectivity index (χ0n) is 21.6. The number of hydrogen-bond donors (Lipinski definition) is 3. The maximum absolute atomic E-state index is 12.3. The summed E-state index contributed by atoms with van der Waals surface area (Å²) < 4.78 is 33.0. The SMILES string of the molecule is CCCCCCCCC(CCCCCCCC)(C(=O)[O-])C(O)(C(=O)O)C(C(=O)[O-])S(=O)(=O)O.[Na+].[Na+]. The molecule has 0 bridgehead atoms. The van der Waals surface area contributed by atoms with Gasteiger partial charge in [0, 0.05) is 0 Å². The molecule has 0 heterocycles. The molecule has 0 radical (unpaired) electrons. The number of carboxylic acid groups (broad SMARTS) is 3. The van der Waals surface area contributed by atoms with Crippen molar-refractivity contribution in [1.29, 1.82) is 0 Å². The minimum Gasteiger partial charge on any atom is -0.549 e. The predicted octanol–water partition coefficient (Wildman–Crippen LogP) is -4.95. The second kappa shape index (κ2) is 19.4. The molecule has 3 N–H and O–H groups in total. The molecule has 0 aliphatic carbocycles. The smallest absolute Gasteiger partial charge is 0.549 e. The van der Waals surface area contributed by atoms with Crippen LogP contribution in [0.25, 0.3) is 0 Å². The van der Waals surface area contributed by atoms with Crippen LogP contribution in [0.2, 0.25) is 0 Å². The summed E-state index contributed by atoms with van der Waals surface area (Å²) in [4.78, 5) is 36.0. The summed E-state index contributed by atoms with van der Waals surface area (Å²) in [5.74, 6) is -7.08. The van der Waals surface area contributed by atoms with Gasteiger partial charge in [-0.1, -0.05) is 90.9 Å². The van der Waals surface area contributed by atoms with Gasteiger partial charge in [-0.2, -0.15) is 8.42 Å². The third-order valence-corrected chi connectivity index (χ3v) is 7.38. The summed E-state index contributed by atoms with van der Waals surface area (Å²) in [6.07, 6.45) is 6.94. The normalized spacial score (nSPS) is 14.2. The van der Waals surface area contributed by atoms with Crippen molar-refractivity contribution >= 4 is 28.0 Å². The van der Waals surface area contributed by atoms with E-state index in [9.17, 15) is 47.8 Å². The van der Waals surface area contributed by atoms with Gasteiger partial charge in [0.15, 0.2) is 10.9 Å². The van der Waals surface area contributed by atoms with Gasteiger partial charge in [-0.05, 0) is 12.8 Å². The van der Waals surface area contributed by atoms with E-state index in [0.29, 0.717) is 25.7 Å². The Labute approximate surface area is 253 Å². The van der Waals surface area contributed by atoms with Gasteiger partial charge in [0.25, 0.3) is 10.1 Å². The fraction of sp³-hybridized carbons (Fsp3) is 0.864. The molecule has 2 unspecified atom stereocenters. The number of aliphatic hydroxyl groups is 1. The van der Waals surface area contributed by atoms with Crippen LogP contribution in [-0.2, 0) is 24.5 Å². The van der Waals surface area contributed by atoms with E-state index in [1.54, 1.807) is 0 Å². The zero-order chi connectivity index (χ0) is 25.7. The number of unbranched alkanes of at least 4 members (excludes halogenated alkanes) is 10. The molecular weight excluding hydrogens is 502 g/mol. The molecule has 0 aliphatic heterocycles. The molecule has 0 amide bonds. The molecule has 0 spiro atoms. The van der Waals surface area contributed by atoms with Crippen molar-refractivity contribution in [3.05, 3.63) is 0 Å². The average Bonchev–Trinajstić information content (AvgIpc) is 2.69. The number of carbonyl (C=O) groups is 3. The summed E-state index contributed by atoms with van der Waals surface area (Å²) in [5, 5.41) is 41.3. The Morgan fingerprint density at radius 3 is 1.37 bits per heavy atom. The molecule has 0 aromatic carbocycles. The van der Waals surface area contributed by atoms with Gasteiger partial charge < -0.3 is 30.0 Å². The van der Waals surface area contributed by atoms with Gasteiger partial charge in [-0.3, -0.25) is 4.55 Å². The average molecular weight is 541 g/mol. The molecular formula is C22H38Na2O10S. The number of carbonyl (C=O) groups excluding carboxylic acids is 2. The van der Waals surface area contributed by atoms with Gasteiger partial charge in [0.05, 0.1) is 17.4 Å². The largest absolute Gasteiger partial charge is 1.00 e. The molecule has 2 atom stereocenters. The molecule has 13 heteroatoms. The Morgan fingerprint density at radius 2 is 1.11 bits per heavy atom. The second-order valence-electron chi connectivity index (χ2n) is 8.69. The van der Waals surface area contributed by atoms with Crippen LogP contribution in [-0.4, -0.2) is 51.9 Å². The molecule has 0 aromatic rings. The fourth-order valence-electron chi connectivity index (χ4n) is 4.36. The minimum atomic E-state index is -5.75. The zero-order valence-corrected chi connectivity index (χ0v) is 26.4. The monoisotopic (exact) mass is 540 g/mol. The Hall–Kier alpha value is 0.280. The van der Waals surface area contributed by atoms with E-state index in [4.69, 9.17) is 0 Å². The van der Waals surface area contributed by atoms with Gasteiger partial charge in [0.1, 0.15) is 0 Å². The van der Waals surface area contributed by atoms with E-state index >= 15 is 0 Å². The second-order valence-corrected chi connectivity index (χ2v) is 10.2. The molecule has 194 valence electrons. The van der Waals surface area contributed by atoms with Crippen LogP contribution in [0, 0.1) is 5.41 Å². The first-order chi connectivity index (χ1) is 15.3. The van der Waals surface area contributed by atoms with E-state index in [0.717, 1.165) is 38.5 Å². The Bertz CT molecular complexity index is 729. The van der Waals surface area contributed by atoms with Crippen molar-refractivity contribution in [1.82, 2.24) is 0 Å². The van der Waals surface area contributed by atoms with Crippen LogP contribution in [0.5, 0.6) is 0 Å². The van der Waals surface area contributed by atoms with E-state index in [-0.39, 0.29) is 72.0 Å². The first kappa shape index (κ1) is 39.8. The first-order valence-corrected chi connectivity index (χ1v) is 13.2. The van der Waals surface area contributed by atoms with Crippen LogP contribution >= 0.6 is 0 Å². The summed E-state index contributed by atoms with van der Waals surface area (Å²) in [5.41, 5.74) is -6.67. The Kier molecular flexibility index (Phi) is 22.0. The molecule has 0 aromatic heterocycles. The third-order valence-electron chi connectivity index (χ3n) is 6.25.